The van der Waals surface area contributed by atoms with Crippen molar-refractivity contribution in [1.29, 1.82) is 0 Å². The molecule has 140 valence electrons. The average Bonchev–Trinajstić information content (AvgIpc) is 2.60. The Morgan fingerprint density at radius 1 is 1.24 bits per heavy atom. The first kappa shape index (κ1) is 20.6. The van der Waals surface area contributed by atoms with Gasteiger partial charge in [0.1, 0.15) is 0 Å². The summed E-state index contributed by atoms with van der Waals surface area (Å²) in [5.74, 6) is 1.90. The lowest BCUT2D eigenvalue weighted by Gasteiger charge is -2.21. The molecule has 0 aliphatic carbocycles. The monoisotopic (exact) mass is 350 g/mol. The van der Waals surface area contributed by atoms with E-state index in [1.54, 1.807) is 14.2 Å². The van der Waals surface area contributed by atoms with Gasteiger partial charge in [-0.1, -0.05) is 0 Å². The molecule has 0 aromatic heterocycles. The molecule has 0 saturated heterocycles. The van der Waals surface area contributed by atoms with E-state index in [9.17, 15) is 4.79 Å². The molecule has 7 nitrogen and oxygen atoms in total. The molecule has 0 unspecified atom stereocenters. The van der Waals surface area contributed by atoms with Gasteiger partial charge in [0, 0.05) is 25.3 Å². The molecule has 1 aromatic carbocycles. The van der Waals surface area contributed by atoms with Crippen LogP contribution in [0.5, 0.6) is 11.5 Å². The number of hydrogen-bond acceptors (Lipinski definition) is 4. The topological polar surface area (TPSA) is 84.0 Å². The van der Waals surface area contributed by atoms with Crippen molar-refractivity contribution in [3.05, 3.63) is 18.2 Å². The van der Waals surface area contributed by atoms with E-state index in [2.05, 4.69) is 20.9 Å². The second-order valence-electron chi connectivity index (χ2n) is 6.08. The number of benzene rings is 1. The van der Waals surface area contributed by atoms with Crippen molar-refractivity contribution in [2.75, 3.05) is 39.2 Å². The van der Waals surface area contributed by atoms with Crippen LogP contribution < -0.4 is 25.4 Å². The molecule has 25 heavy (non-hydrogen) atoms. The summed E-state index contributed by atoms with van der Waals surface area (Å²) >= 11 is 0. The van der Waals surface area contributed by atoms with Crippen molar-refractivity contribution in [2.45, 2.75) is 27.7 Å². The number of anilines is 1. The lowest BCUT2D eigenvalue weighted by molar-refractivity contribution is -0.128. The van der Waals surface area contributed by atoms with E-state index in [0.29, 0.717) is 37.2 Å². The lowest BCUT2D eigenvalue weighted by atomic mass is 9.93. The van der Waals surface area contributed by atoms with Crippen molar-refractivity contribution in [2.24, 2.45) is 10.4 Å². The van der Waals surface area contributed by atoms with Crippen molar-refractivity contribution in [3.63, 3.8) is 0 Å². The van der Waals surface area contributed by atoms with Gasteiger partial charge in [0.25, 0.3) is 0 Å². The summed E-state index contributed by atoms with van der Waals surface area (Å²) in [6.45, 7) is 9.27. The Bertz CT molecular complexity index is 600. The molecule has 0 spiro atoms. The predicted octanol–water partition coefficient (Wildman–Crippen LogP) is 2.24. The summed E-state index contributed by atoms with van der Waals surface area (Å²) in [5.41, 5.74) is 0.228. The third kappa shape index (κ3) is 6.17. The zero-order valence-corrected chi connectivity index (χ0v) is 16.0. The fourth-order valence-electron chi connectivity index (χ4n) is 2.15. The van der Waals surface area contributed by atoms with Gasteiger partial charge in [-0.3, -0.25) is 9.79 Å². The number of amides is 1. The van der Waals surface area contributed by atoms with E-state index in [-0.39, 0.29) is 5.91 Å². The number of aliphatic imine (C=N–C) groups is 1. The van der Waals surface area contributed by atoms with Crippen molar-refractivity contribution < 1.29 is 14.3 Å². The SMILES string of the molecule is CCNC(=NCC(C)(C)C(=O)NC)Nc1ccc(OCC)c(OC)c1. The molecule has 1 amide bonds. The number of carbonyl (C=O) groups is 1. The first-order valence-electron chi connectivity index (χ1n) is 8.46. The smallest absolute Gasteiger partial charge is 0.227 e. The maximum absolute atomic E-state index is 11.9. The summed E-state index contributed by atoms with van der Waals surface area (Å²) in [7, 11) is 3.23. The van der Waals surface area contributed by atoms with Crippen LogP contribution >= 0.6 is 0 Å². The molecule has 0 aliphatic heterocycles. The summed E-state index contributed by atoms with van der Waals surface area (Å²) in [4.78, 5) is 16.4. The fourth-order valence-corrected chi connectivity index (χ4v) is 2.15. The molecule has 0 bridgehead atoms. The highest BCUT2D eigenvalue weighted by atomic mass is 16.5. The van der Waals surface area contributed by atoms with Gasteiger partial charge in [-0.05, 0) is 39.8 Å². The second kappa shape index (κ2) is 9.76. The highest BCUT2D eigenvalue weighted by molar-refractivity contribution is 5.94. The number of nitrogens with zero attached hydrogens (tertiary/aromatic N) is 1. The first-order chi connectivity index (χ1) is 11.9. The third-order valence-corrected chi connectivity index (χ3v) is 3.54. The molecule has 0 saturated carbocycles. The first-order valence-corrected chi connectivity index (χ1v) is 8.46. The van der Waals surface area contributed by atoms with Crippen LogP contribution in [-0.4, -0.2) is 45.7 Å². The molecule has 1 rings (SSSR count). The molecule has 3 N–H and O–H groups in total. The van der Waals surface area contributed by atoms with E-state index >= 15 is 0 Å². The quantitative estimate of drug-likeness (QED) is 0.495. The number of ether oxygens (including phenoxy) is 2. The van der Waals surface area contributed by atoms with Gasteiger partial charge in [0.15, 0.2) is 17.5 Å². The normalized spacial score (nSPS) is 11.7. The van der Waals surface area contributed by atoms with Gasteiger partial charge < -0.3 is 25.4 Å². The van der Waals surface area contributed by atoms with Crippen LogP contribution in [0.15, 0.2) is 23.2 Å². The van der Waals surface area contributed by atoms with Crippen LogP contribution in [-0.2, 0) is 4.79 Å². The Balaban J connectivity index is 2.94. The van der Waals surface area contributed by atoms with Gasteiger partial charge in [-0.15, -0.1) is 0 Å². The maximum Gasteiger partial charge on any atom is 0.227 e. The van der Waals surface area contributed by atoms with Gasteiger partial charge in [0.2, 0.25) is 5.91 Å². The van der Waals surface area contributed by atoms with Crippen LogP contribution in [0.1, 0.15) is 27.7 Å². The van der Waals surface area contributed by atoms with Gasteiger partial charge in [-0.25, -0.2) is 0 Å². The van der Waals surface area contributed by atoms with Crippen molar-refractivity contribution >= 4 is 17.6 Å². The third-order valence-electron chi connectivity index (χ3n) is 3.54. The van der Waals surface area contributed by atoms with Crippen molar-refractivity contribution in [1.82, 2.24) is 10.6 Å². The maximum atomic E-state index is 11.9. The minimum absolute atomic E-state index is 0.0464. The Labute approximate surface area is 150 Å². The van der Waals surface area contributed by atoms with E-state index in [1.807, 2.05) is 45.9 Å². The number of guanidine groups is 1. The largest absolute Gasteiger partial charge is 0.493 e. The van der Waals surface area contributed by atoms with Gasteiger partial charge >= 0.3 is 0 Å². The molecule has 0 fully saturated rings. The molecule has 7 heteroatoms. The molecule has 0 radical (unpaired) electrons. The number of carbonyl (C=O) groups excluding carboxylic acids is 1. The van der Waals surface area contributed by atoms with Crippen LogP contribution in [0.25, 0.3) is 0 Å². The zero-order chi connectivity index (χ0) is 18.9. The minimum atomic E-state index is -0.590. The molecule has 0 atom stereocenters. The summed E-state index contributed by atoms with van der Waals surface area (Å²) in [5, 5.41) is 9.06. The fraction of sp³-hybridized carbons (Fsp3) is 0.556. The molecular weight excluding hydrogens is 320 g/mol. The van der Waals surface area contributed by atoms with E-state index in [0.717, 1.165) is 5.69 Å². The number of rotatable bonds is 8. The number of hydrogen-bond donors (Lipinski definition) is 3. The molecular formula is C18H30N4O3. The standard InChI is InChI=1S/C18H30N4O3/c1-7-20-17(21-12-18(3,4)16(23)19-5)22-13-9-10-14(25-8-2)15(11-13)24-6/h9-11H,7-8,12H2,1-6H3,(H,19,23)(H2,20,21,22). The number of methoxy groups -OCH3 is 1. The lowest BCUT2D eigenvalue weighted by Crippen LogP contribution is -2.38. The molecule has 1 aromatic rings. The number of nitrogens with one attached hydrogen (secondary N) is 3. The Kier molecular flexibility index (Phi) is 8.04. The highest BCUT2D eigenvalue weighted by Crippen LogP contribution is 2.30. The van der Waals surface area contributed by atoms with E-state index in [1.165, 1.54) is 0 Å². The zero-order valence-electron chi connectivity index (χ0n) is 16.0. The summed E-state index contributed by atoms with van der Waals surface area (Å²) in [6.07, 6.45) is 0. The Hall–Kier alpha value is -2.44. The average molecular weight is 350 g/mol. The van der Waals surface area contributed by atoms with Crippen molar-refractivity contribution in [3.8, 4) is 11.5 Å². The highest BCUT2D eigenvalue weighted by Gasteiger charge is 2.26. The van der Waals surface area contributed by atoms with E-state index in [4.69, 9.17) is 9.47 Å². The molecule has 0 aliphatic rings. The Morgan fingerprint density at radius 3 is 2.52 bits per heavy atom. The minimum Gasteiger partial charge on any atom is -0.493 e. The van der Waals surface area contributed by atoms with Crippen LogP contribution in [0, 0.1) is 5.41 Å². The molecule has 0 heterocycles. The van der Waals surface area contributed by atoms with Crippen LogP contribution in [0.3, 0.4) is 0 Å². The Morgan fingerprint density at radius 2 is 1.96 bits per heavy atom. The van der Waals surface area contributed by atoms with Gasteiger partial charge in [0.05, 0.1) is 25.7 Å². The van der Waals surface area contributed by atoms with Crippen LogP contribution in [0.2, 0.25) is 0 Å². The second-order valence-corrected chi connectivity index (χ2v) is 6.08. The summed E-state index contributed by atoms with van der Waals surface area (Å²) < 4.78 is 10.9. The predicted molar refractivity (Wildman–Crippen MR) is 102 cm³/mol. The van der Waals surface area contributed by atoms with Crippen LogP contribution in [0.4, 0.5) is 5.69 Å². The summed E-state index contributed by atoms with van der Waals surface area (Å²) in [6, 6.07) is 5.59. The van der Waals surface area contributed by atoms with E-state index < -0.39 is 5.41 Å². The van der Waals surface area contributed by atoms with Gasteiger partial charge in [-0.2, -0.15) is 0 Å².